The Morgan fingerprint density at radius 2 is 1.76 bits per heavy atom. The summed E-state index contributed by atoms with van der Waals surface area (Å²) < 4.78 is 12.9. The van der Waals surface area contributed by atoms with Crippen LogP contribution in [0, 0.1) is 0 Å². The summed E-state index contributed by atoms with van der Waals surface area (Å²) in [4.78, 5) is 17.2. The van der Waals surface area contributed by atoms with Crippen LogP contribution in [-0.2, 0) is 17.6 Å². The molecule has 2 aromatic heterocycles. The monoisotopic (exact) mass is 525 g/mol. The van der Waals surface area contributed by atoms with Crippen LogP contribution in [-0.4, -0.2) is 40.3 Å². The molecule has 0 atom stereocenters. The number of hydrogen-bond donors (Lipinski definition) is 2. The number of hydrogen-bond acceptors (Lipinski definition) is 8. The zero-order valence-electron chi connectivity index (χ0n) is 20.7. The minimum atomic E-state index is -0.222. The number of aromatic nitrogens is 3. The average molecular weight is 526 g/mol. The van der Waals surface area contributed by atoms with Gasteiger partial charge in [0.2, 0.25) is 17.7 Å². The molecule has 0 unspecified atom stereocenters. The van der Waals surface area contributed by atoms with Gasteiger partial charge in [0.05, 0.1) is 16.6 Å². The first-order valence-corrected chi connectivity index (χ1v) is 13.5. The topological polar surface area (TPSA) is 102 Å². The maximum absolute atomic E-state index is 12.5. The molecule has 38 heavy (non-hydrogen) atoms. The molecule has 0 spiro atoms. The predicted molar refractivity (Wildman–Crippen MR) is 147 cm³/mol. The molecule has 3 heterocycles. The molecule has 2 N–H and O–H groups in total. The Morgan fingerprint density at radius 1 is 0.974 bits per heavy atom. The van der Waals surface area contributed by atoms with Gasteiger partial charge in [-0.15, -0.1) is 21.5 Å². The van der Waals surface area contributed by atoms with Crippen LogP contribution in [0.4, 0.5) is 5.69 Å². The van der Waals surface area contributed by atoms with E-state index in [4.69, 9.17) is 14.1 Å². The molecule has 0 radical (unpaired) electrons. The first-order valence-electron chi connectivity index (χ1n) is 12.7. The Bertz CT molecular complexity index is 1530. The molecular weight excluding hydrogens is 498 g/mol. The van der Waals surface area contributed by atoms with Gasteiger partial charge in [0.15, 0.2) is 0 Å². The number of rotatable bonds is 8. The number of piperidine rings is 1. The van der Waals surface area contributed by atoms with Crippen molar-refractivity contribution in [3.8, 4) is 16.9 Å². The molecule has 6 rings (SSSR count). The van der Waals surface area contributed by atoms with Crippen molar-refractivity contribution in [2.75, 3.05) is 18.4 Å². The molecule has 0 saturated carbocycles. The summed E-state index contributed by atoms with van der Waals surface area (Å²) in [6.07, 6.45) is 2.66. The highest BCUT2D eigenvalue weighted by atomic mass is 32.1. The molecule has 8 nitrogen and oxygen atoms in total. The van der Waals surface area contributed by atoms with E-state index in [-0.39, 0.29) is 24.3 Å². The van der Waals surface area contributed by atoms with E-state index in [0.717, 1.165) is 52.5 Å². The maximum atomic E-state index is 12.5. The molecule has 1 fully saturated rings. The van der Waals surface area contributed by atoms with Crippen molar-refractivity contribution in [3.05, 3.63) is 89.6 Å². The van der Waals surface area contributed by atoms with Crippen molar-refractivity contribution < 1.29 is 13.9 Å². The van der Waals surface area contributed by atoms with Crippen LogP contribution in [0.2, 0.25) is 0 Å². The first-order chi connectivity index (χ1) is 18.7. The lowest BCUT2D eigenvalue weighted by molar-refractivity contribution is -0.115. The van der Waals surface area contributed by atoms with Gasteiger partial charge < -0.3 is 19.8 Å². The minimum Gasteiger partial charge on any atom is -0.490 e. The van der Waals surface area contributed by atoms with Crippen LogP contribution in [0.1, 0.15) is 29.6 Å². The molecule has 5 aromatic rings. The fourth-order valence-electron chi connectivity index (χ4n) is 4.48. The number of thiazole rings is 1. The van der Waals surface area contributed by atoms with Crippen LogP contribution in [0.5, 0.6) is 5.75 Å². The number of fused-ring (bicyclic) bond motifs is 1. The molecule has 1 aliphatic heterocycles. The van der Waals surface area contributed by atoms with E-state index < -0.39 is 0 Å². The zero-order chi connectivity index (χ0) is 25.7. The van der Waals surface area contributed by atoms with E-state index in [2.05, 4.69) is 45.1 Å². The normalized spacial score (nSPS) is 14.0. The Labute approximate surface area is 224 Å². The Morgan fingerprint density at radius 3 is 2.58 bits per heavy atom. The third-order valence-electron chi connectivity index (χ3n) is 6.39. The number of ether oxygens (including phenoxy) is 1. The van der Waals surface area contributed by atoms with E-state index in [1.165, 1.54) is 5.56 Å². The van der Waals surface area contributed by atoms with Gasteiger partial charge in [0.1, 0.15) is 23.3 Å². The molecule has 1 amide bonds. The lowest BCUT2D eigenvalue weighted by atomic mass is 10.1. The van der Waals surface area contributed by atoms with Crippen molar-refractivity contribution in [1.82, 2.24) is 20.5 Å². The van der Waals surface area contributed by atoms with Crippen LogP contribution in [0.3, 0.4) is 0 Å². The highest BCUT2D eigenvalue weighted by Crippen LogP contribution is 2.29. The fourth-order valence-corrected chi connectivity index (χ4v) is 5.48. The maximum Gasteiger partial charge on any atom is 0.233 e. The second-order valence-electron chi connectivity index (χ2n) is 9.24. The fraction of sp³-hybridized carbons (Fsp3) is 0.241. The lowest BCUT2D eigenvalue weighted by Crippen LogP contribution is -2.34. The van der Waals surface area contributed by atoms with Gasteiger partial charge in [-0.2, -0.15) is 0 Å². The molecule has 1 saturated heterocycles. The number of carbonyl (C=O) groups excluding carboxylic acids is 1. The SMILES string of the molecule is O=C(Cc1nnc(Cc2nc3ccc(-c4ccccc4)cc3s2)o1)Nc1ccc(OC2CCNCC2)cc1. The molecular formula is C29H27N5O3S. The molecule has 3 aromatic carbocycles. The van der Waals surface area contributed by atoms with Crippen molar-refractivity contribution in [3.63, 3.8) is 0 Å². The van der Waals surface area contributed by atoms with Gasteiger partial charge >= 0.3 is 0 Å². The van der Waals surface area contributed by atoms with Crippen molar-refractivity contribution in [2.45, 2.75) is 31.8 Å². The van der Waals surface area contributed by atoms with Crippen molar-refractivity contribution in [1.29, 1.82) is 0 Å². The molecule has 0 aliphatic carbocycles. The summed E-state index contributed by atoms with van der Waals surface area (Å²) in [5.41, 5.74) is 3.96. The number of anilines is 1. The van der Waals surface area contributed by atoms with Crippen LogP contribution >= 0.6 is 11.3 Å². The van der Waals surface area contributed by atoms with Gasteiger partial charge in [-0.05, 0) is 73.5 Å². The quantitative estimate of drug-likeness (QED) is 0.285. The number of benzene rings is 3. The summed E-state index contributed by atoms with van der Waals surface area (Å²) in [6, 6.07) is 24.0. The summed E-state index contributed by atoms with van der Waals surface area (Å²) in [6.45, 7) is 1.96. The molecule has 0 bridgehead atoms. The number of carbonyl (C=O) groups is 1. The Hall–Kier alpha value is -4.08. The van der Waals surface area contributed by atoms with Gasteiger partial charge in [0, 0.05) is 5.69 Å². The number of nitrogens with one attached hydrogen (secondary N) is 2. The largest absolute Gasteiger partial charge is 0.490 e. The lowest BCUT2D eigenvalue weighted by Gasteiger charge is -2.23. The van der Waals surface area contributed by atoms with Crippen molar-refractivity contribution in [2.24, 2.45) is 0 Å². The highest BCUT2D eigenvalue weighted by Gasteiger charge is 2.16. The zero-order valence-corrected chi connectivity index (χ0v) is 21.5. The van der Waals surface area contributed by atoms with Gasteiger partial charge in [-0.3, -0.25) is 4.79 Å². The van der Waals surface area contributed by atoms with Crippen molar-refractivity contribution >= 4 is 33.1 Å². The molecule has 9 heteroatoms. The first kappa shape index (κ1) is 24.3. The van der Waals surface area contributed by atoms with Gasteiger partial charge in [-0.1, -0.05) is 36.4 Å². The molecule has 1 aliphatic rings. The van der Waals surface area contributed by atoms with Crippen LogP contribution < -0.4 is 15.4 Å². The smallest absolute Gasteiger partial charge is 0.233 e. The third kappa shape index (κ3) is 5.90. The summed E-state index contributed by atoms with van der Waals surface area (Å²) in [7, 11) is 0. The third-order valence-corrected chi connectivity index (χ3v) is 7.41. The Kier molecular flexibility index (Phi) is 7.10. The summed E-state index contributed by atoms with van der Waals surface area (Å²) in [5, 5.41) is 15.3. The Balaban J connectivity index is 1.04. The number of amides is 1. The van der Waals surface area contributed by atoms with E-state index in [9.17, 15) is 4.79 Å². The van der Waals surface area contributed by atoms with Gasteiger partial charge in [-0.25, -0.2) is 4.98 Å². The number of nitrogens with zero attached hydrogens (tertiary/aromatic N) is 3. The highest BCUT2D eigenvalue weighted by molar-refractivity contribution is 7.18. The van der Waals surface area contributed by atoms with Gasteiger partial charge in [0.25, 0.3) is 0 Å². The second-order valence-corrected chi connectivity index (χ2v) is 10.4. The standard InChI is InChI=1S/C29H27N5O3S/c35-26(31-21-7-9-22(10-8-21)36-23-12-14-30-15-13-23)17-27-33-34-28(37-27)18-29-32-24-11-6-20(16-25(24)38-29)19-4-2-1-3-5-19/h1-11,16,23,30H,12-15,17-18H2,(H,31,35). The predicted octanol–water partition coefficient (Wildman–Crippen LogP) is 5.25. The summed E-state index contributed by atoms with van der Waals surface area (Å²) >= 11 is 1.61. The van der Waals surface area contributed by atoms with Crippen LogP contribution in [0.15, 0.2) is 77.2 Å². The second kappa shape index (κ2) is 11.1. The molecule has 192 valence electrons. The summed E-state index contributed by atoms with van der Waals surface area (Å²) in [5.74, 6) is 1.30. The van der Waals surface area contributed by atoms with E-state index in [1.807, 2.05) is 48.5 Å². The van der Waals surface area contributed by atoms with E-state index in [1.54, 1.807) is 11.3 Å². The van der Waals surface area contributed by atoms with Crippen LogP contribution in [0.25, 0.3) is 21.3 Å². The van der Waals surface area contributed by atoms with E-state index in [0.29, 0.717) is 18.0 Å². The minimum absolute atomic E-state index is 0.000601. The van der Waals surface area contributed by atoms with E-state index >= 15 is 0 Å². The average Bonchev–Trinajstić information content (AvgIpc) is 3.56.